The van der Waals surface area contributed by atoms with Gasteiger partial charge in [0.05, 0.1) is 11.9 Å². The maximum absolute atomic E-state index is 13.8. The zero-order valence-electron chi connectivity index (χ0n) is 23.9. The summed E-state index contributed by atoms with van der Waals surface area (Å²) >= 11 is 6.05. The minimum atomic E-state index is -3.84. The van der Waals surface area contributed by atoms with Crippen LogP contribution in [-0.4, -0.2) is 50.0 Å². The second-order valence-corrected chi connectivity index (χ2v) is 12.3. The fourth-order valence-electron chi connectivity index (χ4n) is 4.21. The molecule has 0 aromatic heterocycles. The summed E-state index contributed by atoms with van der Waals surface area (Å²) in [6, 6.07) is 22.4. The van der Waals surface area contributed by atoms with Crippen LogP contribution in [0.4, 0.5) is 5.69 Å². The van der Waals surface area contributed by atoms with Gasteiger partial charge in [-0.05, 0) is 67.3 Å². The van der Waals surface area contributed by atoms with Crippen LogP contribution in [0.15, 0.2) is 78.9 Å². The highest BCUT2D eigenvalue weighted by Gasteiger charge is 2.32. The van der Waals surface area contributed by atoms with E-state index in [0.717, 1.165) is 28.1 Å². The Morgan fingerprint density at radius 2 is 1.54 bits per heavy atom. The van der Waals surface area contributed by atoms with Gasteiger partial charge in [0.25, 0.3) is 0 Å². The molecule has 3 aromatic rings. The van der Waals surface area contributed by atoms with Gasteiger partial charge in [-0.3, -0.25) is 13.9 Å². The van der Waals surface area contributed by atoms with Gasteiger partial charge >= 0.3 is 0 Å². The largest absolute Gasteiger partial charge is 0.489 e. The Bertz CT molecular complexity index is 1380. The minimum Gasteiger partial charge on any atom is -0.489 e. The van der Waals surface area contributed by atoms with Crippen molar-refractivity contribution >= 4 is 39.1 Å². The predicted molar refractivity (Wildman–Crippen MR) is 163 cm³/mol. The standard InChI is InChI=1S/C31H38ClN3O5S/c1-5-23(3)33-31(37)29(6-2)34(20-24-12-14-26(32)15-13-24)30(36)21-35(41(4,38)39)27-16-18-28(19-17-27)40-22-25-10-8-7-9-11-25/h7-19,23,29H,5-6,20-22H2,1-4H3,(H,33,37)/t23-,29+/m1/s1. The molecule has 1 N–H and O–H groups in total. The number of carbonyl (C=O) groups is 2. The summed E-state index contributed by atoms with van der Waals surface area (Å²) in [7, 11) is -3.84. The number of benzene rings is 3. The molecule has 10 heteroatoms. The zero-order chi connectivity index (χ0) is 30.0. The summed E-state index contributed by atoms with van der Waals surface area (Å²) in [5.74, 6) is -0.217. The van der Waals surface area contributed by atoms with Crippen molar-refractivity contribution in [3.8, 4) is 5.75 Å². The number of anilines is 1. The molecule has 0 unspecified atom stereocenters. The van der Waals surface area contributed by atoms with Gasteiger partial charge in [0, 0.05) is 17.6 Å². The number of hydrogen-bond acceptors (Lipinski definition) is 5. The highest BCUT2D eigenvalue weighted by Crippen LogP contribution is 2.24. The van der Waals surface area contributed by atoms with Gasteiger partial charge in [-0.2, -0.15) is 0 Å². The first kappa shape index (κ1) is 32.0. The summed E-state index contributed by atoms with van der Waals surface area (Å²) < 4.78 is 32.6. The second-order valence-electron chi connectivity index (χ2n) is 9.93. The summed E-state index contributed by atoms with van der Waals surface area (Å²) in [4.78, 5) is 28.5. The number of halogens is 1. The number of rotatable bonds is 14. The number of hydrogen-bond donors (Lipinski definition) is 1. The molecule has 0 aliphatic rings. The van der Waals surface area contributed by atoms with Gasteiger partial charge < -0.3 is 15.0 Å². The number of nitrogens with one attached hydrogen (secondary N) is 1. The number of sulfonamides is 1. The molecule has 2 atom stereocenters. The monoisotopic (exact) mass is 599 g/mol. The van der Waals surface area contributed by atoms with E-state index >= 15 is 0 Å². The lowest BCUT2D eigenvalue weighted by atomic mass is 10.1. The lowest BCUT2D eigenvalue weighted by Crippen LogP contribution is -2.53. The Morgan fingerprint density at radius 1 is 0.902 bits per heavy atom. The molecule has 41 heavy (non-hydrogen) atoms. The van der Waals surface area contributed by atoms with Crippen molar-refractivity contribution in [3.63, 3.8) is 0 Å². The van der Waals surface area contributed by atoms with Crippen LogP contribution in [0.25, 0.3) is 0 Å². The summed E-state index contributed by atoms with van der Waals surface area (Å²) in [5, 5.41) is 3.51. The number of amides is 2. The first-order valence-electron chi connectivity index (χ1n) is 13.6. The lowest BCUT2D eigenvalue weighted by molar-refractivity contribution is -0.140. The van der Waals surface area contributed by atoms with Crippen LogP contribution in [0, 0.1) is 0 Å². The van der Waals surface area contributed by atoms with Gasteiger partial charge in [-0.15, -0.1) is 0 Å². The molecule has 0 radical (unpaired) electrons. The SMILES string of the molecule is CC[C@@H](C)NC(=O)[C@H](CC)N(Cc1ccc(Cl)cc1)C(=O)CN(c1ccc(OCc2ccccc2)cc1)S(C)(=O)=O. The van der Waals surface area contributed by atoms with E-state index in [1.165, 1.54) is 4.90 Å². The van der Waals surface area contributed by atoms with Gasteiger partial charge in [-0.1, -0.05) is 67.9 Å². The first-order chi connectivity index (χ1) is 19.5. The molecule has 0 saturated heterocycles. The Labute approximate surface area is 248 Å². The van der Waals surface area contributed by atoms with Crippen LogP contribution in [0.3, 0.4) is 0 Å². The van der Waals surface area contributed by atoms with E-state index in [2.05, 4.69) is 5.32 Å². The third-order valence-corrected chi connectivity index (χ3v) is 8.10. The third kappa shape index (κ3) is 9.50. The van der Waals surface area contributed by atoms with Crippen LogP contribution < -0.4 is 14.4 Å². The van der Waals surface area contributed by atoms with E-state index < -0.39 is 28.5 Å². The minimum absolute atomic E-state index is 0.0702. The first-order valence-corrected chi connectivity index (χ1v) is 15.8. The molecule has 220 valence electrons. The van der Waals surface area contributed by atoms with Crippen LogP contribution in [-0.2, 0) is 32.8 Å². The molecule has 0 heterocycles. The molecule has 0 bridgehead atoms. The highest BCUT2D eigenvalue weighted by molar-refractivity contribution is 7.92. The molecule has 0 saturated carbocycles. The molecule has 3 rings (SSSR count). The van der Waals surface area contributed by atoms with Crippen molar-refractivity contribution in [2.75, 3.05) is 17.1 Å². The Morgan fingerprint density at radius 3 is 2.10 bits per heavy atom. The van der Waals surface area contributed by atoms with Gasteiger partial charge in [0.2, 0.25) is 21.8 Å². The zero-order valence-corrected chi connectivity index (χ0v) is 25.5. The maximum Gasteiger partial charge on any atom is 0.244 e. The molecule has 0 aliphatic heterocycles. The Balaban J connectivity index is 1.85. The number of nitrogens with zero attached hydrogens (tertiary/aromatic N) is 2. The van der Waals surface area contributed by atoms with Gasteiger partial charge in [0.15, 0.2) is 0 Å². The quantitative estimate of drug-likeness (QED) is 0.267. The molecule has 0 spiro atoms. The molecule has 8 nitrogen and oxygen atoms in total. The number of carbonyl (C=O) groups excluding carboxylic acids is 2. The smallest absolute Gasteiger partial charge is 0.244 e. The topological polar surface area (TPSA) is 96.0 Å². The van der Waals surface area contributed by atoms with E-state index in [-0.39, 0.29) is 18.5 Å². The Hall–Kier alpha value is -3.56. The lowest BCUT2D eigenvalue weighted by Gasteiger charge is -2.33. The fourth-order valence-corrected chi connectivity index (χ4v) is 5.19. The van der Waals surface area contributed by atoms with E-state index in [0.29, 0.717) is 29.5 Å². The fraction of sp³-hybridized carbons (Fsp3) is 0.355. The highest BCUT2D eigenvalue weighted by atomic mass is 35.5. The van der Waals surface area contributed by atoms with Crippen LogP contribution in [0.2, 0.25) is 5.02 Å². The van der Waals surface area contributed by atoms with Crippen LogP contribution in [0.1, 0.15) is 44.7 Å². The van der Waals surface area contributed by atoms with Crippen LogP contribution in [0.5, 0.6) is 5.75 Å². The summed E-state index contributed by atoms with van der Waals surface area (Å²) in [5.41, 5.74) is 2.09. The van der Waals surface area contributed by atoms with Gasteiger partial charge in [-0.25, -0.2) is 8.42 Å². The third-order valence-electron chi connectivity index (χ3n) is 6.71. The molecular weight excluding hydrogens is 562 g/mol. The Kier molecular flexibility index (Phi) is 11.6. The van der Waals surface area contributed by atoms with E-state index in [4.69, 9.17) is 16.3 Å². The average molecular weight is 600 g/mol. The van der Waals surface area contributed by atoms with E-state index in [1.807, 2.05) is 51.1 Å². The normalized spacial score (nSPS) is 12.7. The summed E-state index contributed by atoms with van der Waals surface area (Å²) in [6.07, 6.45) is 2.14. The molecule has 2 amide bonds. The van der Waals surface area contributed by atoms with Crippen LogP contribution >= 0.6 is 11.6 Å². The average Bonchev–Trinajstić information content (AvgIpc) is 2.95. The van der Waals surface area contributed by atoms with Crippen molar-refractivity contribution in [2.45, 2.75) is 58.8 Å². The van der Waals surface area contributed by atoms with Crippen molar-refractivity contribution in [1.82, 2.24) is 10.2 Å². The van der Waals surface area contributed by atoms with E-state index in [9.17, 15) is 18.0 Å². The van der Waals surface area contributed by atoms with Crippen molar-refractivity contribution in [1.29, 1.82) is 0 Å². The molecule has 0 aliphatic carbocycles. The number of ether oxygens (including phenoxy) is 1. The molecular formula is C31H38ClN3O5S. The van der Waals surface area contributed by atoms with E-state index in [1.54, 1.807) is 48.5 Å². The van der Waals surface area contributed by atoms with Crippen molar-refractivity contribution in [3.05, 3.63) is 95.0 Å². The molecule has 0 fully saturated rings. The van der Waals surface area contributed by atoms with Gasteiger partial charge in [0.1, 0.15) is 24.9 Å². The molecule has 3 aromatic carbocycles. The maximum atomic E-state index is 13.8. The second kappa shape index (κ2) is 14.9. The van der Waals surface area contributed by atoms with Crippen molar-refractivity contribution in [2.24, 2.45) is 0 Å². The summed E-state index contributed by atoms with van der Waals surface area (Å²) in [6.45, 7) is 5.70. The predicted octanol–water partition coefficient (Wildman–Crippen LogP) is 5.41. The van der Waals surface area contributed by atoms with Crippen molar-refractivity contribution < 1.29 is 22.7 Å².